The molecule has 158 valence electrons. The molecule has 1 amide bonds. The number of halogens is 2. The molecule has 0 aliphatic rings. The lowest BCUT2D eigenvalue weighted by Gasteiger charge is -2.10. The highest BCUT2D eigenvalue weighted by Crippen LogP contribution is 2.21. The Balaban J connectivity index is 1.85. The molecule has 1 aromatic carbocycles. The molecular weight excluding hydrogens is 412 g/mol. The van der Waals surface area contributed by atoms with Crippen LogP contribution in [0.3, 0.4) is 0 Å². The zero-order valence-corrected chi connectivity index (χ0v) is 17.3. The highest BCUT2D eigenvalue weighted by Gasteiger charge is 2.18. The first kappa shape index (κ1) is 21.6. The average Bonchev–Trinajstić information content (AvgIpc) is 3.23. The van der Waals surface area contributed by atoms with Crippen molar-refractivity contribution in [3.63, 3.8) is 0 Å². The number of aliphatic carboxylic acids is 1. The van der Waals surface area contributed by atoms with Crippen LogP contribution in [-0.2, 0) is 24.2 Å². The summed E-state index contributed by atoms with van der Waals surface area (Å²) >= 11 is 1.13. The standard InChI is InChI=1S/C21H21F2N3O3S/c1-12(2)5-13-6-18(20(29)25-21-24-16(11-30-21)8-19(27)28)26(9-13)10-14-3-4-15(22)7-17(14)23/h3-4,6-7,9,11-12H,5,8,10H2,1-2H3,(H,27,28)(H,24,25,29). The van der Waals surface area contributed by atoms with E-state index in [0.717, 1.165) is 29.4 Å². The number of carbonyl (C=O) groups is 2. The maximum atomic E-state index is 14.1. The Morgan fingerprint density at radius 3 is 2.70 bits per heavy atom. The van der Waals surface area contributed by atoms with Crippen molar-refractivity contribution in [2.75, 3.05) is 5.32 Å². The molecule has 0 saturated heterocycles. The van der Waals surface area contributed by atoms with Crippen molar-refractivity contribution in [2.24, 2.45) is 5.92 Å². The van der Waals surface area contributed by atoms with E-state index in [1.807, 2.05) is 0 Å². The number of nitrogens with one attached hydrogen (secondary N) is 1. The number of benzene rings is 1. The van der Waals surface area contributed by atoms with Gasteiger partial charge in [0.15, 0.2) is 5.13 Å². The zero-order valence-electron chi connectivity index (χ0n) is 16.5. The number of carboxylic acids is 1. The molecule has 0 radical (unpaired) electrons. The molecule has 0 spiro atoms. The molecule has 0 atom stereocenters. The quantitative estimate of drug-likeness (QED) is 0.553. The number of amides is 1. The van der Waals surface area contributed by atoms with Crippen LogP contribution < -0.4 is 5.32 Å². The smallest absolute Gasteiger partial charge is 0.309 e. The number of carbonyl (C=O) groups excluding carboxylic acids is 1. The molecule has 0 unspecified atom stereocenters. The fourth-order valence-electron chi connectivity index (χ4n) is 3.07. The zero-order chi connectivity index (χ0) is 21.8. The van der Waals surface area contributed by atoms with Gasteiger partial charge in [-0.05, 0) is 30.0 Å². The largest absolute Gasteiger partial charge is 0.481 e. The number of nitrogens with zero attached hydrogens (tertiary/aromatic N) is 2. The van der Waals surface area contributed by atoms with E-state index in [1.165, 1.54) is 12.1 Å². The summed E-state index contributed by atoms with van der Waals surface area (Å²) in [5.41, 5.74) is 1.84. The Morgan fingerprint density at radius 1 is 1.27 bits per heavy atom. The van der Waals surface area contributed by atoms with Gasteiger partial charge in [0, 0.05) is 23.2 Å². The number of thiazole rings is 1. The fraction of sp³-hybridized carbons (Fsp3) is 0.286. The molecule has 3 aromatic rings. The van der Waals surface area contributed by atoms with Crippen molar-refractivity contribution in [2.45, 2.75) is 33.2 Å². The van der Waals surface area contributed by atoms with Gasteiger partial charge in [0.25, 0.3) is 5.91 Å². The Kier molecular flexibility index (Phi) is 6.61. The third-order valence-corrected chi connectivity index (χ3v) is 5.10. The van der Waals surface area contributed by atoms with Gasteiger partial charge in [-0.1, -0.05) is 19.9 Å². The number of hydrogen-bond donors (Lipinski definition) is 2. The minimum Gasteiger partial charge on any atom is -0.481 e. The van der Waals surface area contributed by atoms with E-state index in [9.17, 15) is 18.4 Å². The summed E-state index contributed by atoms with van der Waals surface area (Å²) in [6, 6.07) is 5.08. The van der Waals surface area contributed by atoms with E-state index in [1.54, 1.807) is 22.2 Å². The highest BCUT2D eigenvalue weighted by molar-refractivity contribution is 7.14. The molecule has 0 aliphatic heterocycles. The number of rotatable bonds is 8. The lowest BCUT2D eigenvalue weighted by molar-refractivity contribution is -0.136. The predicted octanol–water partition coefficient (Wildman–Crippen LogP) is 4.35. The summed E-state index contributed by atoms with van der Waals surface area (Å²) in [6.45, 7) is 4.17. The number of anilines is 1. The molecule has 3 rings (SSSR count). The van der Waals surface area contributed by atoms with Gasteiger partial charge in [0.2, 0.25) is 0 Å². The first-order valence-electron chi connectivity index (χ1n) is 9.31. The summed E-state index contributed by atoms with van der Waals surface area (Å²) in [4.78, 5) is 27.8. The normalized spacial score (nSPS) is 11.1. The van der Waals surface area contributed by atoms with Crippen LogP contribution in [0.4, 0.5) is 13.9 Å². The van der Waals surface area contributed by atoms with E-state index in [0.29, 0.717) is 17.3 Å². The Bertz CT molecular complexity index is 1080. The Morgan fingerprint density at radius 2 is 2.03 bits per heavy atom. The summed E-state index contributed by atoms with van der Waals surface area (Å²) in [7, 11) is 0. The first-order chi connectivity index (χ1) is 14.2. The molecule has 2 heterocycles. The molecule has 0 fully saturated rings. The van der Waals surface area contributed by atoms with Crippen molar-refractivity contribution < 1.29 is 23.5 Å². The fourth-order valence-corrected chi connectivity index (χ4v) is 3.78. The molecule has 2 aromatic heterocycles. The second-order valence-corrected chi connectivity index (χ2v) is 8.22. The van der Waals surface area contributed by atoms with E-state index < -0.39 is 23.5 Å². The van der Waals surface area contributed by atoms with Crippen molar-refractivity contribution in [3.05, 3.63) is 70.0 Å². The van der Waals surface area contributed by atoms with Gasteiger partial charge in [0.05, 0.1) is 18.7 Å². The van der Waals surface area contributed by atoms with Crippen LogP contribution in [0.15, 0.2) is 35.8 Å². The Labute approximate surface area is 176 Å². The van der Waals surface area contributed by atoms with Gasteiger partial charge in [0.1, 0.15) is 17.3 Å². The predicted molar refractivity (Wildman–Crippen MR) is 110 cm³/mol. The van der Waals surface area contributed by atoms with Crippen molar-refractivity contribution in [1.82, 2.24) is 9.55 Å². The molecule has 0 saturated carbocycles. The Hall–Kier alpha value is -3.07. The molecule has 2 N–H and O–H groups in total. The number of aromatic nitrogens is 2. The number of hydrogen-bond acceptors (Lipinski definition) is 4. The summed E-state index contributed by atoms with van der Waals surface area (Å²) in [5.74, 6) is -2.44. The average molecular weight is 433 g/mol. The lowest BCUT2D eigenvalue weighted by atomic mass is 10.1. The summed E-state index contributed by atoms with van der Waals surface area (Å²) < 4.78 is 29.0. The monoisotopic (exact) mass is 433 g/mol. The van der Waals surface area contributed by atoms with Gasteiger partial charge in [-0.2, -0.15) is 0 Å². The summed E-state index contributed by atoms with van der Waals surface area (Å²) in [6.07, 6.45) is 2.29. The van der Waals surface area contributed by atoms with Crippen LogP contribution in [0.25, 0.3) is 0 Å². The van der Waals surface area contributed by atoms with E-state index >= 15 is 0 Å². The number of carboxylic acid groups (broad SMARTS) is 1. The van der Waals surface area contributed by atoms with Crippen LogP contribution in [0.5, 0.6) is 0 Å². The first-order valence-corrected chi connectivity index (χ1v) is 10.2. The van der Waals surface area contributed by atoms with Crippen LogP contribution >= 0.6 is 11.3 Å². The maximum absolute atomic E-state index is 14.1. The van der Waals surface area contributed by atoms with Crippen LogP contribution in [-0.4, -0.2) is 26.5 Å². The van der Waals surface area contributed by atoms with Gasteiger partial charge in [-0.15, -0.1) is 11.3 Å². The van der Waals surface area contributed by atoms with Crippen LogP contribution in [0, 0.1) is 17.6 Å². The minimum absolute atomic E-state index is 0.0646. The van der Waals surface area contributed by atoms with Gasteiger partial charge >= 0.3 is 5.97 Å². The van der Waals surface area contributed by atoms with Crippen molar-refractivity contribution >= 4 is 28.3 Å². The van der Waals surface area contributed by atoms with Gasteiger partial charge < -0.3 is 9.67 Å². The molecule has 30 heavy (non-hydrogen) atoms. The third kappa shape index (κ3) is 5.50. The van der Waals surface area contributed by atoms with Crippen LogP contribution in [0.1, 0.15) is 41.2 Å². The van der Waals surface area contributed by atoms with Crippen molar-refractivity contribution in [3.8, 4) is 0 Å². The summed E-state index contributed by atoms with van der Waals surface area (Å²) in [5, 5.41) is 13.4. The van der Waals surface area contributed by atoms with E-state index in [-0.39, 0.29) is 23.7 Å². The second-order valence-electron chi connectivity index (χ2n) is 7.36. The molecule has 0 aliphatic carbocycles. The molecule has 9 heteroatoms. The third-order valence-electron chi connectivity index (χ3n) is 4.29. The molecule has 0 bridgehead atoms. The molecular formula is C21H21F2N3O3S. The topological polar surface area (TPSA) is 84.2 Å². The van der Waals surface area contributed by atoms with Crippen molar-refractivity contribution in [1.29, 1.82) is 0 Å². The van der Waals surface area contributed by atoms with E-state index in [4.69, 9.17) is 5.11 Å². The van der Waals surface area contributed by atoms with E-state index in [2.05, 4.69) is 24.1 Å². The SMILES string of the molecule is CC(C)Cc1cc(C(=O)Nc2nc(CC(=O)O)cs2)n(Cc2ccc(F)cc2F)c1. The maximum Gasteiger partial charge on any atom is 0.309 e. The minimum atomic E-state index is -1.01. The second kappa shape index (κ2) is 9.17. The highest BCUT2D eigenvalue weighted by atomic mass is 32.1. The van der Waals surface area contributed by atoms with Crippen LogP contribution in [0.2, 0.25) is 0 Å². The lowest BCUT2D eigenvalue weighted by Crippen LogP contribution is -2.17. The van der Waals surface area contributed by atoms with Gasteiger partial charge in [-0.3, -0.25) is 14.9 Å². The van der Waals surface area contributed by atoms with Gasteiger partial charge in [-0.25, -0.2) is 13.8 Å². The molecule has 6 nitrogen and oxygen atoms in total.